The monoisotopic (exact) mass is 370 g/mol. The fraction of sp³-hybridized carbons (Fsp3) is 0.200. The predicted octanol–water partition coefficient (Wildman–Crippen LogP) is 4.88. The van der Waals surface area contributed by atoms with Gasteiger partial charge in [0, 0.05) is 29.1 Å². The van der Waals surface area contributed by atoms with Crippen LogP contribution in [0.4, 0.5) is 5.69 Å². The third kappa shape index (κ3) is 4.43. The van der Waals surface area contributed by atoms with E-state index in [0.717, 1.165) is 22.6 Å². The van der Waals surface area contributed by atoms with Crippen LogP contribution in [-0.4, -0.2) is 18.0 Å². The molecule has 0 spiro atoms. The minimum absolute atomic E-state index is 0.100. The molecule has 0 bridgehead atoms. The molecule has 1 heterocycles. The number of anilines is 1. The number of carbonyl (C=O) groups is 1. The van der Waals surface area contributed by atoms with Crippen LogP contribution in [0.2, 0.25) is 5.02 Å². The number of methoxy groups -OCH3 is 1. The summed E-state index contributed by atoms with van der Waals surface area (Å²) in [6, 6.07) is 12.9. The van der Waals surface area contributed by atoms with Crippen LogP contribution in [0, 0.1) is 6.92 Å². The van der Waals surface area contributed by atoms with Crippen molar-refractivity contribution in [1.82, 2.24) is 4.98 Å². The summed E-state index contributed by atoms with van der Waals surface area (Å²) < 4.78 is 11.0. The first-order valence-electron chi connectivity index (χ1n) is 8.20. The molecule has 0 unspecified atom stereocenters. The number of amides is 1. The highest BCUT2D eigenvalue weighted by Crippen LogP contribution is 2.25. The number of hydrogen-bond donors (Lipinski definition) is 1. The summed E-state index contributed by atoms with van der Waals surface area (Å²) in [5, 5.41) is 3.52. The molecule has 0 atom stereocenters. The molecule has 0 radical (unpaired) electrons. The van der Waals surface area contributed by atoms with Crippen molar-refractivity contribution < 1.29 is 13.9 Å². The van der Waals surface area contributed by atoms with Crippen molar-refractivity contribution in [3.05, 3.63) is 65.1 Å². The maximum Gasteiger partial charge on any atom is 0.224 e. The highest BCUT2D eigenvalue weighted by molar-refractivity contribution is 6.30. The van der Waals surface area contributed by atoms with Crippen molar-refractivity contribution in [2.75, 3.05) is 12.4 Å². The minimum Gasteiger partial charge on any atom is -0.497 e. The molecule has 1 amide bonds. The maximum absolute atomic E-state index is 12.2. The van der Waals surface area contributed by atoms with E-state index in [2.05, 4.69) is 10.3 Å². The van der Waals surface area contributed by atoms with Gasteiger partial charge in [-0.25, -0.2) is 4.98 Å². The van der Waals surface area contributed by atoms with E-state index in [-0.39, 0.29) is 12.3 Å². The van der Waals surface area contributed by atoms with Gasteiger partial charge in [-0.15, -0.1) is 0 Å². The Bertz CT molecular complexity index is 921. The number of benzene rings is 2. The third-order valence-electron chi connectivity index (χ3n) is 3.94. The van der Waals surface area contributed by atoms with Crippen LogP contribution in [0.1, 0.15) is 17.9 Å². The number of nitrogens with one attached hydrogen (secondary N) is 1. The SMILES string of the molecule is COc1cccc(-c2cnc(CCC(=O)Nc3ccc(Cl)cc3C)o2)c1. The van der Waals surface area contributed by atoms with Crippen LogP contribution in [0.15, 0.2) is 53.1 Å². The normalized spacial score (nSPS) is 10.6. The van der Waals surface area contributed by atoms with Crippen molar-refractivity contribution in [3.63, 3.8) is 0 Å². The second kappa shape index (κ2) is 8.06. The van der Waals surface area contributed by atoms with Crippen molar-refractivity contribution in [2.24, 2.45) is 0 Å². The van der Waals surface area contributed by atoms with E-state index in [1.165, 1.54) is 0 Å². The Hall–Kier alpha value is -2.79. The molecular weight excluding hydrogens is 352 g/mol. The molecule has 0 saturated carbocycles. The number of ether oxygens (including phenoxy) is 1. The molecule has 0 aliphatic rings. The molecule has 1 aromatic heterocycles. The molecule has 26 heavy (non-hydrogen) atoms. The van der Waals surface area contributed by atoms with Gasteiger partial charge in [-0.2, -0.15) is 0 Å². The van der Waals surface area contributed by atoms with E-state index in [1.807, 2.05) is 37.3 Å². The van der Waals surface area contributed by atoms with Crippen LogP contribution in [-0.2, 0) is 11.2 Å². The molecule has 2 aromatic carbocycles. The zero-order chi connectivity index (χ0) is 18.5. The molecule has 3 rings (SSSR count). The number of aromatic nitrogens is 1. The van der Waals surface area contributed by atoms with Crippen LogP contribution in [0.25, 0.3) is 11.3 Å². The average molecular weight is 371 g/mol. The summed E-state index contributed by atoms with van der Waals surface area (Å²) in [6.45, 7) is 1.90. The van der Waals surface area contributed by atoms with Crippen LogP contribution < -0.4 is 10.1 Å². The highest BCUT2D eigenvalue weighted by Gasteiger charge is 2.11. The maximum atomic E-state index is 12.2. The smallest absolute Gasteiger partial charge is 0.224 e. The molecule has 3 aromatic rings. The topological polar surface area (TPSA) is 64.4 Å². The Morgan fingerprint density at radius 1 is 1.27 bits per heavy atom. The summed E-state index contributed by atoms with van der Waals surface area (Å²) >= 11 is 5.93. The summed E-state index contributed by atoms with van der Waals surface area (Å²) in [6.07, 6.45) is 2.36. The lowest BCUT2D eigenvalue weighted by Crippen LogP contribution is -2.13. The Morgan fingerprint density at radius 2 is 2.12 bits per heavy atom. The van der Waals surface area contributed by atoms with Crippen molar-refractivity contribution >= 4 is 23.2 Å². The fourth-order valence-corrected chi connectivity index (χ4v) is 2.76. The number of aryl methyl sites for hydroxylation is 2. The van der Waals surface area contributed by atoms with Gasteiger partial charge in [-0.05, 0) is 42.8 Å². The van der Waals surface area contributed by atoms with E-state index >= 15 is 0 Å². The van der Waals surface area contributed by atoms with Crippen LogP contribution in [0.5, 0.6) is 5.75 Å². The molecule has 6 heteroatoms. The van der Waals surface area contributed by atoms with E-state index < -0.39 is 0 Å². The minimum atomic E-state index is -0.100. The van der Waals surface area contributed by atoms with Gasteiger partial charge >= 0.3 is 0 Å². The first kappa shape index (κ1) is 18.0. The molecule has 5 nitrogen and oxygen atoms in total. The molecule has 1 N–H and O–H groups in total. The van der Waals surface area contributed by atoms with Gasteiger partial charge in [0.25, 0.3) is 0 Å². The van der Waals surface area contributed by atoms with Gasteiger partial charge in [-0.1, -0.05) is 23.7 Å². The molecule has 134 valence electrons. The van der Waals surface area contributed by atoms with E-state index in [1.54, 1.807) is 25.4 Å². The summed E-state index contributed by atoms with van der Waals surface area (Å²) in [5.74, 6) is 1.81. The Balaban J connectivity index is 1.60. The highest BCUT2D eigenvalue weighted by atomic mass is 35.5. The average Bonchev–Trinajstić information content (AvgIpc) is 3.11. The molecule has 0 fully saturated rings. The predicted molar refractivity (Wildman–Crippen MR) is 102 cm³/mol. The summed E-state index contributed by atoms with van der Waals surface area (Å²) in [7, 11) is 1.62. The van der Waals surface area contributed by atoms with E-state index in [9.17, 15) is 4.79 Å². The van der Waals surface area contributed by atoms with E-state index in [4.69, 9.17) is 20.8 Å². The lowest BCUT2D eigenvalue weighted by Gasteiger charge is -2.08. The lowest BCUT2D eigenvalue weighted by molar-refractivity contribution is -0.116. The van der Waals surface area contributed by atoms with Gasteiger partial charge < -0.3 is 14.5 Å². The van der Waals surface area contributed by atoms with Gasteiger partial charge in [-0.3, -0.25) is 4.79 Å². The molecule has 0 saturated heterocycles. The van der Waals surface area contributed by atoms with Crippen LogP contribution in [0.3, 0.4) is 0 Å². The zero-order valence-electron chi connectivity index (χ0n) is 14.6. The Labute approximate surface area is 157 Å². The van der Waals surface area contributed by atoms with Crippen molar-refractivity contribution in [3.8, 4) is 17.1 Å². The quantitative estimate of drug-likeness (QED) is 0.671. The zero-order valence-corrected chi connectivity index (χ0v) is 15.3. The first-order valence-corrected chi connectivity index (χ1v) is 8.58. The number of carbonyl (C=O) groups excluding carboxylic acids is 1. The van der Waals surface area contributed by atoms with Gasteiger partial charge in [0.2, 0.25) is 5.91 Å². The van der Waals surface area contributed by atoms with Crippen molar-refractivity contribution in [2.45, 2.75) is 19.8 Å². The largest absolute Gasteiger partial charge is 0.497 e. The van der Waals surface area contributed by atoms with E-state index in [0.29, 0.717) is 23.1 Å². The number of nitrogens with zero attached hydrogens (tertiary/aromatic N) is 1. The first-order chi connectivity index (χ1) is 12.5. The lowest BCUT2D eigenvalue weighted by atomic mass is 10.2. The van der Waals surface area contributed by atoms with Gasteiger partial charge in [0.05, 0.1) is 13.3 Å². The summed E-state index contributed by atoms with van der Waals surface area (Å²) in [5.41, 5.74) is 2.55. The van der Waals surface area contributed by atoms with Gasteiger partial charge in [0.1, 0.15) is 5.75 Å². The number of halogens is 1. The number of rotatable bonds is 6. The molecule has 0 aliphatic carbocycles. The number of hydrogen-bond acceptors (Lipinski definition) is 4. The Kier molecular flexibility index (Phi) is 5.58. The molecular formula is C20H19ClN2O3. The fourth-order valence-electron chi connectivity index (χ4n) is 2.54. The second-order valence-corrected chi connectivity index (χ2v) is 6.29. The second-order valence-electron chi connectivity index (χ2n) is 5.86. The van der Waals surface area contributed by atoms with Crippen molar-refractivity contribution in [1.29, 1.82) is 0 Å². The third-order valence-corrected chi connectivity index (χ3v) is 4.17. The molecule has 0 aliphatic heterocycles. The standard InChI is InChI=1S/C20H19ClN2O3/c1-13-10-15(21)6-7-17(13)23-19(24)8-9-20-22-12-18(26-20)14-4-3-5-16(11-14)25-2/h3-7,10-12H,8-9H2,1-2H3,(H,23,24). The number of oxazole rings is 1. The van der Waals surface area contributed by atoms with Crippen LogP contribution >= 0.6 is 11.6 Å². The summed E-state index contributed by atoms with van der Waals surface area (Å²) in [4.78, 5) is 16.4. The Morgan fingerprint density at radius 3 is 2.88 bits per heavy atom. The van der Waals surface area contributed by atoms with Gasteiger partial charge in [0.15, 0.2) is 11.7 Å².